The van der Waals surface area contributed by atoms with Crippen LogP contribution in [0.5, 0.6) is 0 Å². The molecule has 4 nitrogen and oxygen atoms in total. The molecule has 0 radical (unpaired) electrons. The normalized spacial score (nSPS) is 10.8. The van der Waals surface area contributed by atoms with E-state index < -0.39 is 0 Å². The largest absolute Gasteiger partial charge is 0.390 e. The predicted molar refractivity (Wildman–Crippen MR) is 72.2 cm³/mol. The highest BCUT2D eigenvalue weighted by Gasteiger charge is 2.14. The Morgan fingerprint density at radius 2 is 2.16 bits per heavy atom. The van der Waals surface area contributed by atoms with Crippen LogP contribution in [0.3, 0.4) is 0 Å². The van der Waals surface area contributed by atoms with E-state index in [4.69, 9.17) is 10.3 Å². The zero-order valence-corrected chi connectivity index (χ0v) is 10.9. The number of halogens is 1. The minimum atomic E-state index is -0.255. The summed E-state index contributed by atoms with van der Waals surface area (Å²) in [7, 11) is 0. The van der Waals surface area contributed by atoms with Gasteiger partial charge in [0, 0.05) is 5.56 Å². The quantitative estimate of drug-likeness (QED) is 0.777. The van der Waals surface area contributed by atoms with E-state index >= 15 is 0 Å². The number of anilines is 1. The molecule has 96 valence electrons. The number of aromatic nitrogens is 2. The monoisotopic (exact) mass is 275 g/mol. The first-order chi connectivity index (χ1) is 9.15. The van der Waals surface area contributed by atoms with Gasteiger partial charge in [-0.15, -0.1) is 11.3 Å². The highest BCUT2D eigenvalue weighted by Crippen LogP contribution is 2.30. The smallest absolute Gasteiger partial charge is 0.261 e. The first-order valence-corrected chi connectivity index (χ1v) is 6.46. The summed E-state index contributed by atoms with van der Waals surface area (Å²) in [4.78, 5) is 4.28. The van der Waals surface area contributed by atoms with Crippen molar-refractivity contribution in [3.05, 3.63) is 41.0 Å². The van der Waals surface area contributed by atoms with Crippen LogP contribution in [0.15, 0.2) is 34.2 Å². The standard InChI is InChI=1S/C13H10FN3OS/c1-7-6-8(2-3-10(7)14)12-16-13(18-17-12)9-4-5-19-11(9)15/h2-6H,15H2,1H3. The summed E-state index contributed by atoms with van der Waals surface area (Å²) in [6, 6.07) is 6.52. The molecule has 0 saturated carbocycles. The van der Waals surface area contributed by atoms with Crippen molar-refractivity contribution in [1.82, 2.24) is 10.1 Å². The van der Waals surface area contributed by atoms with Gasteiger partial charge in [-0.2, -0.15) is 4.98 Å². The summed E-state index contributed by atoms with van der Waals surface area (Å²) in [5.41, 5.74) is 7.78. The van der Waals surface area contributed by atoms with E-state index in [0.29, 0.717) is 27.8 Å². The van der Waals surface area contributed by atoms with Gasteiger partial charge in [0.15, 0.2) is 0 Å². The Hall–Kier alpha value is -2.21. The second kappa shape index (κ2) is 4.47. The van der Waals surface area contributed by atoms with Crippen LogP contribution in [-0.2, 0) is 0 Å². The highest BCUT2D eigenvalue weighted by molar-refractivity contribution is 7.14. The first kappa shape index (κ1) is 11.9. The third-order valence-corrected chi connectivity index (χ3v) is 3.51. The summed E-state index contributed by atoms with van der Waals surface area (Å²) in [5, 5.41) is 6.38. The van der Waals surface area contributed by atoms with E-state index in [-0.39, 0.29) is 5.82 Å². The van der Waals surface area contributed by atoms with Crippen LogP contribution in [0.4, 0.5) is 9.39 Å². The van der Waals surface area contributed by atoms with Crippen LogP contribution in [-0.4, -0.2) is 10.1 Å². The van der Waals surface area contributed by atoms with Crippen molar-refractivity contribution in [2.45, 2.75) is 6.92 Å². The Kier molecular flexibility index (Phi) is 2.79. The van der Waals surface area contributed by atoms with Crippen molar-refractivity contribution < 1.29 is 8.91 Å². The van der Waals surface area contributed by atoms with Crippen LogP contribution in [0.2, 0.25) is 0 Å². The Balaban J connectivity index is 2.01. The van der Waals surface area contributed by atoms with Crippen LogP contribution >= 0.6 is 11.3 Å². The average Bonchev–Trinajstić information content (AvgIpc) is 3.01. The number of hydrogen-bond donors (Lipinski definition) is 1. The number of aryl methyl sites for hydroxylation is 1. The molecule has 1 aromatic carbocycles. The van der Waals surface area contributed by atoms with Gasteiger partial charge in [-0.05, 0) is 42.1 Å². The third-order valence-electron chi connectivity index (χ3n) is 2.77. The maximum Gasteiger partial charge on any atom is 0.261 e. The van der Waals surface area contributed by atoms with Gasteiger partial charge < -0.3 is 10.3 Å². The molecule has 3 rings (SSSR count). The van der Waals surface area contributed by atoms with E-state index in [1.165, 1.54) is 17.4 Å². The van der Waals surface area contributed by atoms with E-state index in [2.05, 4.69) is 10.1 Å². The molecular weight excluding hydrogens is 265 g/mol. The summed E-state index contributed by atoms with van der Waals surface area (Å²) < 4.78 is 18.4. The van der Waals surface area contributed by atoms with Gasteiger partial charge >= 0.3 is 0 Å². The molecular formula is C13H10FN3OS. The molecule has 19 heavy (non-hydrogen) atoms. The fourth-order valence-electron chi connectivity index (χ4n) is 1.73. The van der Waals surface area contributed by atoms with Crippen molar-refractivity contribution in [3.8, 4) is 22.8 Å². The molecule has 3 aromatic rings. The minimum absolute atomic E-state index is 0.255. The molecule has 6 heteroatoms. The molecule has 0 aliphatic heterocycles. The lowest BCUT2D eigenvalue weighted by atomic mass is 10.1. The van der Waals surface area contributed by atoms with Gasteiger partial charge in [-0.25, -0.2) is 4.39 Å². The summed E-state index contributed by atoms with van der Waals surface area (Å²) in [6.45, 7) is 1.69. The fraction of sp³-hybridized carbons (Fsp3) is 0.0769. The van der Waals surface area contributed by atoms with Crippen molar-refractivity contribution >= 4 is 16.3 Å². The molecule has 0 bridgehead atoms. The Labute approximate surface area is 112 Å². The third kappa shape index (κ3) is 2.10. The summed E-state index contributed by atoms with van der Waals surface area (Å²) in [5.74, 6) is 0.536. The number of nitrogen functional groups attached to an aromatic ring is 1. The lowest BCUT2D eigenvalue weighted by molar-refractivity contribution is 0.432. The number of nitrogens with two attached hydrogens (primary N) is 1. The number of hydrogen-bond acceptors (Lipinski definition) is 5. The van der Waals surface area contributed by atoms with Gasteiger partial charge in [0.25, 0.3) is 5.89 Å². The molecule has 2 N–H and O–H groups in total. The molecule has 0 unspecified atom stereocenters. The van der Waals surface area contributed by atoms with Gasteiger partial charge in [-0.3, -0.25) is 0 Å². The molecule has 2 heterocycles. The number of rotatable bonds is 2. The number of benzene rings is 1. The molecule has 0 aliphatic rings. The van der Waals surface area contributed by atoms with Crippen LogP contribution in [0.25, 0.3) is 22.8 Å². The first-order valence-electron chi connectivity index (χ1n) is 5.59. The number of nitrogens with zero attached hydrogens (tertiary/aromatic N) is 2. The Morgan fingerprint density at radius 3 is 2.84 bits per heavy atom. The average molecular weight is 275 g/mol. The van der Waals surface area contributed by atoms with Crippen molar-refractivity contribution in [1.29, 1.82) is 0 Å². The second-order valence-electron chi connectivity index (χ2n) is 4.09. The van der Waals surface area contributed by atoms with Crippen LogP contribution < -0.4 is 5.73 Å². The molecule has 2 aromatic heterocycles. The van der Waals surface area contributed by atoms with Gasteiger partial charge in [-0.1, -0.05) is 5.16 Å². The lowest BCUT2D eigenvalue weighted by Gasteiger charge is -1.97. The van der Waals surface area contributed by atoms with Gasteiger partial charge in [0.2, 0.25) is 5.82 Å². The van der Waals surface area contributed by atoms with Gasteiger partial charge in [0.1, 0.15) is 5.82 Å². The van der Waals surface area contributed by atoms with Crippen molar-refractivity contribution in [2.75, 3.05) is 5.73 Å². The molecule has 0 amide bonds. The van der Waals surface area contributed by atoms with Crippen molar-refractivity contribution in [2.24, 2.45) is 0 Å². The Morgan fingerprint density at radius 1 is 1.32 bits per heavy atom. The van der Waals surface area contributed by atoms with Crippen LogP contribution in [0.1, 0.15) is 5.56 Å². The van der Waals surface area contributed by atoms with E-state index in [1.54, 1.807) is 19.1 Å². The topological polar surface area (TPSA) is 64.9 Å². The number of thiophene rings is 1. The molecule has 0 aliphatic carbocycles. The second-order valence-corrected chi connectivity index (χ2v) is 5.03. The molecule has 0 atom stereocenters. The van der Waals surface area contributed by atoms with E-state index in [0.717, 1.165) is 5.56 Å². The van der Waals surface area contributed by atoms with Crippen molar-refractivity contribution in [3.63, 3.8) is 0 Å². The lowest BCUT2D eigenvalue weighted by Crippen LogP contribution is -1.86. The fourth-order valence-corrected chi connectivity index (χ4v) is 2.36. The zero-order valence-electron chi connectivity index (χ0n) is 10.1. The highest BCUT2D eigenvalue weighted by atomic mass is 32.1. The molecule has 0 spiro atoms. The molecule has 0 fully saturated rings. The zero-order chi connectivity index (χ0) is 13.4. The molecule has 0 saturated heterocycles. The summed E-state index contributed by atoms with van der Waals surface area (Å²) >= 11 is 1.41. The minimum Gasteiger partial charge on any atom is -0.390 e. The maximum atomic E-state index is 13.2. The maximum absolute atomic E-state index is 13.2. The summed E-state index contributed by atoms with van der Waals surface area (Å²) in [6.07, 6.45) is 0. The van der Waals surface area contributed by atoms with Crippen LogP contribution in [0, 0.1) is 12.7 Å². The van der Waals surface area contributed by atoms with Gasteiger partial charge in [0.05, 0.1) is 10.6 Å². The van der Waals surface area contributed by atoms with E-state index in [1.807, 2.05) is 11.4 Å². The Bertz CT molecular complexity index is 735. The predicted octanol–water partition coefficient (Wildman–Crippen LogP) is 3.49. The SMILES string of the molecule is Cc1cc(-c2noc(-c3ccsc3N)n2)ccc1F. The van der Waals surface area contributed by atoms with E-state index in [9.17, 15) is 4.39 Å².